The Morgan fingerprint density at radius 2 is 2.60 bits per heavy atom. The maximum Gasteiger partial charge on any atom is 0.308 e. The molecule has 2 unspecified atom stereocenters. The Labute approximate surface area is 86.9 Å². The molecule has 1 aliphatic heterocycles. The van der Waals surface area contributed by atoms with Crippen LogP contribution < -0.4 is 0 Å². The van der Waals surface area contributed by atoms with Gasteiger partial charge in [0.05, 0.1) is 12.5 Å². The lowest BCUT2D eigenvalue weighted by atomic mass is 10.0. The van der Waals surface area contributed by atoms with Gasteiger partial charge in [0.25, 0.3) is 0 Å². The summed E-state index contributed by atoms with van der Waals surface area (Å²) in [6.07, 6.45) is 1.97. The summed E-state index contributed by atoms with van der Waals surface area (Å²) in [5.41, 5.74) is 0. The van der Waals surface area contributed by atoms with Gasteiger partial charge in [-0.1, -0.05) is 5.16 Å². The van der Waals surface area contributed by atoms with E-state index in [0.717, 1.165) is 6.54 Å². The van der Waals surface area contributed by atoms with E-state index in [2.05, 4.69) is 19.6 Å². The molecule has 1 aromatic rings. The molecule has 1 aliphatic rings. The minimum absolute atomic E-state index is 0.0287. The Balaban J connectivity index is 1.98. The van der Waals surface area contributed by atoms with Crippen LogP contribution in [0.4, 0.5) is 0 Å². The Hall–Kier alpha value is -1.43. The second-order valence-corrected chi connectivity index (χ2v) is 3.79. The van der Waals surface area contributed by atoms with E-state index in [1.807, 2.05) is 6.92 Å². The molecule has 6 nitrogen and oxygen atoms in total. The van der Waals surface area contributed by atoms with Crippen molar-refractivity contribution in [1.29, 1.82) is 0 Å². The number of nitrogens with zero attached hydrogens (tertiary/aromatic N) is 3. The standard InChI is InChI=1S/C9H13N3O3/c1-6-7(9(13)14)2-3-12(6)4-8-10-5-15-11-8/h5-7H,2-4H2,1H3,(H,13,14). The van der Waals surface area contributed by atoms with Gasteiger partial charge in [-0.15, -0.1) is 0 Å². The van der Waals surface area contributed by atoms with E-state index in [4.69, 9.17) is 5.11 Å². The van der Waals surface area contributed by atoms with Crippen molar-refractivity contribution in [3.05, 3.63) is 12.2 Å². The van der Waals surface area contributed by atoms with E-state index in [1.54, 1.807) is 0 Å². The summed E-state index contributed by atoms with van der Waals surface area (Å²) in [4.78, 5) is 16.9. The zero-order valence-electron chi connectivity index (χ0n) is 8.46. The molecule has 2 heterocycles. The predicted octanol–water partition coefficient (Wildman–Crippen LogP) is 0.365. The molecule has 0 bridgehead atoms. The van der Waals surface area contributed by atoms with Crippen LogP contribution in [0, 0.1) is 5.92 Å². The van der Waals surface area contributed by atoms with Gasteiger partial charge in [-0.25, -0.2) is 0 Å². The molecule has 0 radical (unpaired) electrons. The van der Waals surface area contributed by atoms with Crippen LogP contribution in [0.5, 0.6) is 0 Å². The topological polar surface area (TPSA) is 79.5 Å². The number of aliphatic carboxylic acids is 1. The molecule has 82 valence electrons. The van der Waals surface area contributed by atoms with Gasteiger partial charge in [0.1, 0.15) is 0 Å². The van der Waals surface area contributed by atoms with Crippen molar-refractivity contribution in [2.24, 2.45) is 5.92 Å². The van der Waals surface area contributed by atoms with Crippen molar-refractivity contribution in [3.8, 4) is 0 Å². The highest BCUT2D eigenvalue weighted by Gasteiger charge is 2.35. The number of likely N-dealkylation sites (tertiary alicyclic amines) is 1. The highest BCUT2D eigenvalue weighted by molar-refractivity contribution is 5.71. The SMILES string of the molecule is CC1C(C(=O)O)CCN1Cc1ncon1. The molecule has 0 amide bonds. The van der Waals surface area contributed by atoms with Gasteiger partial charge in [-0.05, 0) is 19.9 Å². The molecule has 15 heavy (non-hydrogen) atoms. The van der Waals surface area contributed by atoms with Gasteiger partial charge in [0, 0.05) is 6.04 Å². The molecular formula is C9H13N3O3. The van der Waals surface area contributed by atoms with Crippen molar-refractivity contribution in [2.75, 3.05) is 6.54 Å². The minimum Gasteiger partial charge on any atom is -0.481 e. The average molecular weight is 211 g/mol. The van der Waals surface area contributed by atoms with Crippen LogP contribution in [0.1, 0.15) is 19.2 Å². The first-order chi connectivity index (χ1) is 7.18. The quantitative estimate of drug-likeness (QED) is 0.777. The van der Waals surface area contributed by atoms with Crippen LogP contribution >= 0.6 is 0 Å². The number of carbonyl (C=O) groups is 1. The monoisotopic (exact) mass is 211 g/mol. The zero-order chi connectivity index (χ0) is 10.8. The van der Waals surface area contributed by atoms with Crippen molar-refractivity contribution < 1.29 is 14.4 Å². The smallest absolute Gasteiger partial charge is 0.308 e. The molecule has 2 atom stereocenters. The fraction of sp³-hybridized carbons (Fsp3) is 0.667. The molecule has 0 spiro atoms. The van der Waals surface area contributed by atoms with Crippen molar-refractivity contribution in [3.63, 3.8) is 0 Å². The number of carboxylic acids is 1. The van der Waals surface area contributed by atoms with Gasteiger partial charge < -0.3 is 9.63 Å². The summed E-state index contributed by atoms with van der Waals surface area (Å²) in [6, 6.07) is 0.0287. The molecular weight excluding hydrogens is 198 g/mol. The van der Waals surface area contributed by atoms with Crippen LogP contribution in [0.15, 0.2) is 10.9 Å². The van der Waals surface area contributed by atoms with Gasteiger partial charge in [0.15, 0.2) is 5.82 Å². The molecule has 1 saturated heterocycles. The number of aromatic nitrogens is 2. The zero-order valence-corrected chi connectivity index (χ0v) is 8.46. The average Bonchev–Trinajstić information content (AvgIpc) is 2.78. The van der Waals surface area contributed by atoms with Crippen LogP contribution in [-0.4, -0.2) is 38.7 Å². The van der Waals surface area contributed by atoms with Crippen LogP contribution in [0.2, 0.25) is 0 Å². The Morgan fingerprint density at radius 1 is 1.80 bits per heavy atom. The molecule has 1 fully saturated rings. The fourth-order valence-corrected chi connectivity index (χ4v) is 2.00. The summed E-state index contributed by atoms with van der Waals surface area (Å²) < 4.78 is 4.63. The number of hydrogen-bond acceptors (Lipinski definition) is 5. The number of rotatable bonds is 3. The first-order valence-corrected chi connectivity index (χ1v) is 4.90. The predicted molar refractivity (Wildman–Crippen MR) is 49.9 cm³/mol. The highest BCUT2D eigenvalue weighted by atomic mass is 16.5. The third-order valence-electron chi connectivity index (χ3n) is 2.95. The summed E-state index contributed by atoms with van der Waals surface area (Å²) in [7, 11) is 0. The molecule has 1 aromatic heterocycles. The molecule has 0 aromatic carbocycles. The molecule has 1 N–H and O–H groups in total. The second-order valence-electron chi connectivity index (χ2n) is 3.79. The van der Waals surface area contributed by atoms with Crippen molar-refractivity contribution in [2.45, 2.75) is 25.9 Å². The van der Waals surface area contributed by atoms with Crippen LogP contribution in [-0.2, 0) is 11.3 Å². The Morgan fingerprint density at radius 3 is 3.13 bits per heavy atom. The van der Waals surface area contributed by atoms with Gasteiger partial charge >= 0.3 is 5.97 Å². The first-order valence-electron chi connectivity index (χ1n) is 4.90. The Bertz CT molecular complexity index is 338. The van der Waals surface area contributed by atoms with E-state index >= 15 is 0 Å². The largest absolute Gasteiger partial charge is 0.481 e. The summed E-state index contributed by atoms with van der Waals surface area (Å²) in [5.74, 6) is -0.400. The highest BCUT2D eigenvalue weighted by Crippen LogP contribution is 2.25. The van der Waals surface area contributed by atoms with E-state index in [0.29, 0.717) is 18.8 Å². The number of carboxylic acid groups (broad SMARTS) is 1. The van der Waals surface area contributed by atoms with Crippen molar-refractivity contribution >= 4 is 5.97 Å². The minimum atomic E-state index is -0.724. The van der Waals surface area contributed by atoms with Gasteiger partial charge in [0.2, 0.25) is 6.39 Å². The Kier molecular flexibility index (Phi) is 2.68. The second kappa shape index (κ2) is 3.98. The van der Waals surface area contributed by atoms with Crippen molar-refractivity contribution in [1.82, 2.24) is 15.0 Å². The van der Waals surface area contributed by atoms with E-state index in [-0.39, 0.29) is 12.0 Å². The van der Waals surface area contributed by atoms with Gasteiger partial charge in [-0.3, -0.25) is 9.69 Å². The molecule has 0 aliphatic carbocycles. The first kappa shape index (κ1) is 10.1. The summed E-state index contributed by atoms with van der Waals surface area (Å²) in [5, 5.41) is 12.7. The van der Waals surface area contributed by atoms with E-state index in [9.17, 15) is 4.79 Å². The molecule has 2 rings (SSSR count). The molecule has 0 saturated carbocycles. The maximum atomic E-state index is 10.9. The third-order valence-corrected chi connectivity index (χ3v) is 2.95. The lowest BCUT2D eigenvalue weighted by Crippen LogP contribution is -2.32. The third kappa shape index (κ3) is 1.99. The van der Waals surface area contributed by atoms with Crippen LogP contribution in [0.25, 0.3) is 0 Å². The molecule has 6 heteroatoms. The fourth-order valence-electron chi connectivity index (χ4n) is 2.00. The summed E-state index contributed by atoms with van der Waals surface area (Å²) >= 11 is 0. The number of hydrogen-bond donors (Lipinski definition) is 1. The van der Waals surface area contributed by atoms with Crippen LogP contribution in [0.3, 0.4) is 0 Å². The maximum absolute atomic E-state index is 10.9. The lowest BCUT2D eigenvalue weighted by molar-refractivity contribution is -0.142. The van der Waals surface area contributed by atoms with E-state index < -0.39 is 5.97 Å². The van der Waals surface area contributed by atoms with Gasteiger partial charge in [-0.2, -0.15) is 4.98 Å². The van der Waals surface area contributed by atoms with E-state index in [1.165, 1.54) is 6.39 Å². The normalized spacial score (nSPS) is 27.0. The summed E-state index contributed by atoms with van der Waals surface area (Å²) in [6.45, 7) is 3.25. The lowest BCUT2D eigenvalue weighted by Gasteiger charge is -2.20.